The molecule has 0 radical (unpaired) electrons. The fourth-order valence-electron chi connectivity index (χ4n) is 3.87. The van der Waals surface area contributed by atoms with Gasteiger partial charge in [0.25, 0.3) is 11.8 Å². The maximum atomic E-state index is 13.3. The fourth-order valence-corrected chi connectivity index (χ4v) is 6.09. The lowest BCUT2D eigenvalue weighted by Crippen LogP contribution is -2.48. The molecule has 1 saturated carbocycles. The van der Waals surface area contributed by atoms with Crippen molar-refractivity contribution in [3.8, 4) is 11.3 Å². The summed E-state index contributed by atoms with van der Waals surface area (Å²) in [7, 11) is 1.61. The Balaban J connectivity index is 1.29. The van der Waals surface area contributed by atoms with Crippen molar-refractivity contribution in [3.63, 3.8) is 0 Å². The largest absolute Gasteiger partial charge is 0.465 e. The van der Waals surface area contributed by atoms with E-state index in [1.165, 1.54) is 32.9 Å². The Morgan fingerprint density at radius 3 is 2.49 bits per heavy atom. The average Bonchev–Trinajstić information content (AvgIpc) is 3.37. The van der Waals surface area contributed by atoms with E-state index in [2.05, 4.69) is 15.3 Å². The predicted molar refractivity (Wildman–Crippen MR) is 135 cm³/mol. The molecule has 1 aliphatic heterocycles. The van der Waals surface area contributed by atoms with E-state index in [-0.39, 0.29) is 11.8 Å². The summed E-state index contributed by atoms with van der Waals surface area (Å²) in [6, 6.07) is 10.2. The number of nitrogens with one attached hydrogen (secondary N) is 1. The number of likely N-dealkylation sites (N-methyl/N-ethyl adjacent to an activating group) is 1. The van der Waals surface area contributed by atoms with Gasteiger partial charge in [0.2, 0.25) is 0 Å². The maximum absolute atomic E-state index is 13.3. The Morgan fingerprint density at radius 2 is 1.83 bits per heavy atom. The van der Waals surface area contributed by atoms with Crippen LogP contribution in [-0.2, 0) is 4.79 Å². The molecule has 11 heteroatoms. The predicted octanol–water partition coefficient (Wildman–Crippen LogP) is 3.85. The van der Waals surface area contributed by atoms with Crippen LogP contribution in [0.4, 0.5) is 9.93 Å². The molecular formula is C24H23N5O4S2. The zero-order chi connectivity index (χ0) is 24.5. The van der Waals surface area contributed by atoms with Gasteiger partial charge < -0.3 is 10.4 Å². The maximum Gasteiger partial charge on any atom is 0.409 e. The van der Waals surface area contributed by atoms with Crippen LogP contribution in [0.5, 0.6) is 0 Å². The SMILES string of the molecule is CN(C(=O)C1CSC(c2ccncc2)N1C(=O)O)c1nc(-c2ccc(C(=O)NC3CC3)cc2)cs1. The Kier molecular flexibility index (Phi) is 6.44. The van der Waals surface area contributed by atoms with E-state index >= 15 is 0 Å². The van der Waals surface area contributed by atoms with Gasteiger partial charge in [-0.2, -0.15) is 0 Å². The van der Waals surface area contributed by atoms with Crippen LogP contribution < -0.4 is 10.2 Å². The Morgan fingerprint density at radius 1 is 1.11 bits per heavy atom. The third kappa shape index (κ3) is 4.87. The van der Waals surface area contributed by atoms with Gasteiger partial charge in [0.1, 0.15) is 11.4 Å². The molecule has 3 aromatic rings. The molecule has 5 rings (SSSR count). The highest BCUT2D eigenvalue weighted by molar-refractivity contribution is 7.99. The molecule has 2 unspecified atom stereocenters. The molecule has 3 heterocycles. The molecule has 2 aromatic heterocycles. The topological polar surface area (TPSA) is 116 Å². The lowest BCUT2D eigenvalue weighted by atomic mass is 10.1. The first-order chi connectivity index (χ1) is 16.9. The standard InChI is InChI=1S/C24H23N5O4S2/c1-28(21(31)19-13-34-22(29(19)24(32)33)16-8-10-25-11-9-16)23-27-18(12-35-23)14-2-4-15(5-3-14)20(30)26-17-6-7-17/h2-5,8-12,17,19,22H,6-7,13H2,1H3,(H,26,30)(H,32,33). The number of carbonyl (C=O) groups excluding carboxylic acids is 2. The molecule has 2 atom stereocenters. The second-order valence-electron chi connectivity index (χ2n) is 8.41. The fraction of sp³-hybridized carbons (Fsp3) is 0.292. The van der Waals surface area contributed by atoms with E-state index in [0.717, 1.165) is 24.0 Å². The van der Waals surface area contributed by atoms with Gasteiger partial charge in [-0.05, 0) is 42.7 Å². The van der Waals surface area contributed by atoms with Gasteiger partial charge in [-0.25, -0.2) is 9.78 Å². The lowest BCUT2D eigenvalue weighted by Gasteiger charge is -2.28. The lowest BCUT2D eigenvalue weighted by molar-refractivity contribution is -0.122. The molecule has 35 heavy (non-hydrogen) atoms. The third-order valence-electron chi connectivity index (χ3n) is 5.96. The van der Waals surface area contributed by atoms with Gasteiger partial charge in [0.15, 0.2) is 5.13 Å². The second kappa shape index (κ2) is 9.67. The molecule has 180 valence electrons. The highest BCUT2D eigenvalue weighted by atomic mass is 32.2. The number of benzene rings is 1. The molecule has 2 fully saturated rings. The molecule has 1 aromatic carbocycles. The smallest absolute Gasteiger partial charge is 0.409 e. The number of pyridine rings is 1. The van der Waals surface area contributed by atoms with Gasteiger partial charge >= 0.3 is 6.09 Å². The Hall–Kier alpha value is -3.44. The zero-order valence-electron chi connectivity index (χ0n) is 18.8. The summed E-state index contributed by atoms with van der Waals surface area (Å²) in [6.45, 7) is 0. The monoisotopic (exact) mass is 509 g/mol. The number of thiazole rings is 1. The van der Waals surface area contributed by atoms with E-state index in [4.69, 9.17) is 0 Å². The van der Waals surface area contributed by atoms with Crippen LogP contribution in [0.2, 0.25) is 0 Å². The summed E-state index contributed by atoms with van der Waals surface area (Å²) >= 11 is 2.72. The van der Waals surface area contributed by atoms with Crippen molar-refractivity contribution in [1.82, 2.24) is 20.2 Å². The van der Waals surface area contributed by atoms with Gasteiger partial charge in [-0.1, -0.05) is 12.1 Å². The third-order valence-corrected chi connectivity index (χ3v) is 8.20. The van der Waals surface area contributed by atoms with Crippen molar-refractivity contribution in [2.45, 2.75) is 30.3 Å². The zero-order valence-corrected chi connectivity index (χ0v) is 20.5. The van der Waals surface area contributed by atoms with Crippen LogP contribution in [-0.4, -0.2) is 62.8 Å². The van der Waals surface area contributed by atoms with Crippen molar-refractivity contribution >= 4 is 46.1 Å². The minimum Gasteiger partial charge on any atom is -0.465 e. The number of carbonyl (C=O) groups is 3. The van der Waals surface area contributed by atoms with E-state index in [1.807, 2.05) is 17.5 Å². The van der Waals surface area contributed by atoms with Crippen molar-refractivity contribution in [1.29, 1.82) is 0 Å². The number of hydrogen-bond donors (Lipinski definition) is 2. The summed E-state index contributed by atoms with van der Waals surface area (Å²) in [5.74, 6) is -0.0549. The van der Waals surface area contributed by atoms with Gasteiger partial charge in [0, 0.05) is 47.7 Å². The highest BCUT2D eigenvalue weighted by Crippen LogP contribution is 2.42. The second-order valence-corrected chi connectivity index (χ2v) is 10.4. The van der Waals surface area contributed by atoms with Crippen molar-refractivity contribution in [2.75, 3.05) is 17.7 Å². The molecule has 3 amide bonds. The minimum atomic E-state index is -1.14. The van der Waals surface area contributed by atoms with E-state index in [9.17, 15) is 19.5 Å². The minimum absolute atomic E-state index is 0.0779. The number of hydrogen-bond acceptors (Lipinski definition) is 7. The van der Waals surface area contributed by atoms with E-state index in [1.54, 1.807) is 43.7 Å². The van der Waals surface area contributed by atoms with Gasteiger partial charge in [-0.15, -0.1) is 23.1 Å². The molecule has 1 aliphatic carbocycles. The number of amides is 3. The number of rotatable bonds is 6. The van der Waals surface area contributed by atoms with Crippen molar-refractivity contribution in [2.24, 2.45) is 0 Å². The van der Waals surface area contributed by atoms with Crippen LogP contribution in [0.1, 0.15) is 34.1 Å². The average molecular weight is 510 g/mol. The van der Waals surface area contributed by atoms with E-state index < -0.39 is 17.5 Å². The molecule has 2 N–H and O–H groups in total. The molecule has 0 spiro atoms. The summed E-state index contributed by atoms with van der Waals surface area (Å²) in [4.78, 5) is 48.8. The number of nitrogens with zero attached hydrogens (tertiary/aromatic N) is 4. The number of carboxylic acid groups (broad SMARTS) is 1. The Labute approximate surface area is 210 Å². The first-order valence-electron chi connectivity index (χ1n) is 11.1. The quantitative estimate of drug-likeness (QED) is 0.518. The summed E-state index contributed by atoms with van der Waals surface area (Å²) in [5, 5.41) is 14.7. The molecular weight excluding hydrogens is 486 g/mol. The molecule has 1 saturated heterocycles. The first kappa shape index (κ1) is 23.3. The summed E-state index contributed by atoms with van der Waals surface area (Å²) in [5.41, 5.74) is 2.90. The van der Waals surface area contributed by atoms with Crippen LogP contribution >= 0.6 is 23.1 Å². The number of thioether (sulfide) groups is 1. The van der Waals surface area contributed by atoms with Crippen LogP contribution in [0.25, 0.3) is 11.3 Å². The molecule has 9 nitrogen and oxygen atoms in total. The van der Waals surface area contributed by atoms with Gasteiger partial charge in [0.05, 0.1) is 5.69 Å². The van der Waals surface area contributed by atoms with Gasteiger partial charge in [-0.3, -0.25) is 24.4 Å². The van der Waals surface area contributed by atoms with Crippen LogP contribution in [0, 0.1) is 0 Å². The normalized spacial score (nSPS) is 19.4. The number of aromatic nitrogens is 2. The Bertz CT molecular complexity index is 1250. The summed E-state index contributed by atoms with van der Waals surface area (Å²) < 4.78 is 0. The molecule has 2 aliphatic rings. The van der Waals surface area contributed by atoms with Crippen molar-refractivity contribution < 1.29 is 19.5 Å². The van der Waals surface area contributed by atoms with Crippen LogP contribution in [0.3, 0.4) is 0 Å². The number of anilines is 1. The van der Waals surface area contributed by atoms with Crippen LogP contribution in [0.15, 0.2) is 54.2 Å². The van der Waals surface area contributed by atoms with E-state index in [0.29, 0.717) is 28.2 Å². The first-order valence-corrected chi connectivity index (χ1v) is 13.0. The molecule has 0 bridgehead atoms. The van der Waals surface area contributed by atoms with Crippen molar-refractivity contribution in [3.05, 3.63) is 65.3 Å². The summed E-state index contributed by atoms with van der Waals surface area (Å²) in [6.07, 6.45) is 4.15. The highest BCUT2D eigenvalue weighted by Gasteiger charge is 2.44.